The lowest BCUT2D eigenvalue weighted by Gasteiger charge is -2.64. The zero-order valence-electron chi connectivity index (χ0n) is 32.3. The van der Waals surface area contributed by atoms with Crippen LogP contribution < -0.4 is 21.4 Å². The van der Waals surface area contributed by atoms with Crippen molar-refractivity contribution in [3.05, 3.63) is 71.4 Å². The number of rotatable bonds is 12. The largest absolute Gasteiger partial charge is 0.494 e. The molecule has 2 heterocycles. The minimum Gasteiger partial charge on any atom is -0.465 e. The summed E-state index contributed by atoms with van der Waals surface area (Å²) >= 11 is 0. The number of fused-ring (bicyclic) bond motifs is 1. The first-order chi connectivity index (χ1) is 25.8. The monoisotopic (exact) mass is 736 g/mol. The highest BCUT2D eigenvalue weighted by atomic mass is 16.7. The van der Waals surface area contributed by atoms with Crippen LogP contribution in [0.3, 0.4) is 0 Å². The second kappa shape index (κ2) is 15.1. The molecule has 5 aliphatic rings. The normalized spacial score (nSPS) is 25.9. The maximum absolute atomic E-state index is 14.1. The molecular formula is C42H53BN4O7. The number of nitrogens with one attached hydrogen (secondary N) is 3. The van der Waals surface area contributed by atoms with Crippen molar-refractivity contribution in [2.75, 3.05) is 7.11 Å². The smallest absolute Gasteiger partial charge is 0.465 e. The number of amides is 3. The fraction of sp³-hybridized carbons (Fsp3) is 0.548. The zero-order valence-corrected chi connectivity index (χ0v) is 32.3. The van der Waals surface area contributed by atoms with E-state index in [9.17, 15) is 19.2 Å². The van der Waals surface area contributed by atoms with Crippen molar-refractivity contribution in [3.63, 3.8) is 0 Å². The number of carbonyl (C=O) groups excluding carboxylic acids is 4. The lowest BCUT2D eigenvalue weighted by molar-refractivity contribution is -0.199. The SMILES string of the molecule is CC[C@H](C)[C@H](NC(=O)[C@@H](NC(=O)c1ccc2ccccc2n1)C1CCCC1)C(=O)NCc1cc(B2O[C@@H]3C[C@@H]4C[C@@H](C4(C)C)[C@]3(C)O2)cc(C(=O)OC)c1. The molecule has 1 saturated heterocycles. The van der Waals surface area contributed by atoms with Gasteiger partial charge in [0.25, 0.3) is 5.91 Å². The van der Waals surface area contributed by atoms with Crippen LogP contribution >= 0.6 is 0 Å². The number of hydrogen-bond acceptors (Lipinski definition) is 8. The molecule has 4 aliphatic carbocycles. The number of ether oxygens (including phenoxy) is 1. The van der Waals surface area contributed by atoms with E-state index in [-0.39, 0.29) is 41.5 Å². The Morgan fingerprint density at radius 3 is 2.46 bits per heavy atom. The van der Waals surface area contributed by atoms with Gasteiger partial charge < -0.3 is 30.0 Å². The zero-order chi connectivity index (χ0) is 38.4. The van der Waals surface area contributed by atoms with Crippen LogP contribution in [0.15, 0.2) is 54.6 Å². The van der Waals surface area contributed by atoms with Gasteiger partial charge in [-0.2, -0.15) is 0 Å². The number of carbonyl (C=O) groups is 4. The minimum absolute atomic E-state index is 0.0363. The van der Waals surface area contributed by atoms with Gasteiger partial charge in [0.1, 0.15) is 17.8 Å². The Labute approximate surface area is 318 Å². The number of benzene rings is 2. The van der Waals surface area contributed by atoms with Gasteiger partial charge in [0, 0.05) is 11.9 Å². The predicted molar refractivity (Wildman–Crippen MR) is 206 cm³/mol. The number of aromatic nitrogens is 1. The number of nitrogens with zero attached hydrogens (tertiary/aromatic N) is 1. The Kier molecular flexibility index (Phi) is 10.6. The van der Waals surface area contributed by atoms with Gasteiger partial charge in [0.15, 0.2) is 0 Å². The molecule has 1 aliphatic heterocycles. The summed E-state index contributed by atoms with van der Waals surface area (Å²) in [5, 5.41) is 9.91. The topological polar surface area (TPSA) is 145 Å². The van der Waals surface area contributed by atoms with Gasteiger partial charge in [0.05, 0.1) is 29.9 Å². The van der Waals surface area contributed by atoms with E-state index in [0.717, 1.165) is 43.9 Å². The molecular weight excluding hydrogens is 683 g/mol. The first kappa shape index (κ1) is 38.0. The van der Waals surface area contributed by atoms with Gasteiger partial charge in [-0.25, -0.2) is 9.78 Å². The van der Waals surface area contributed by atoms with E-state index in [1.807, 2.05) is 50.2 Å². The highest BCUT2D eigenvalue weighted by Gasteiger charge is 2.68. The lowest BCUT2D eigenvalue weighted by atomic mass is 9.43. The molecule has 2 bridgehead atoms. The number of esters is 1. The lowest BCUT2D eigenvalue weighted by Crippen LogP contribution is -2.65. The Balaban J connectivity index is 1.06. The molecule has 12 heteroatoms. The Hall–Kier alpha value is -4.29. The van der Waals surface area contributed by atoms with Gasteiger partial charge in [0.2, 0.25) is 11.8 Å². The fourth-order valence-electron chi connectivity index (χ4n) is 9.54. The predicted octanol–water partition coefficient (Wildman–Crippen LogP) is 5.09. The van der Waals surface area contributed by atoms with Gasteiger partial charge in [-0.05, 0) is 97.0 Å². The summed E-state index contributed by atoms with van der Waals surface area (Å²) in [5.41, 5.74) is 2.38. The van der Waals surface area contributed by atoms with Crippen LogP contribution in [-0.2, 0) is 30.2 Å². The van der Waals surface area contributed by atoms with Crippen molar-refractivity contribution in [2.45, 2.75) is 110 Å². The van der Waals surface area contributed by atoms with Crippen LogP contribution in [0.5, 0.6) is 0 Å². The van der Waals surface area contributed by atoms with Crippen molar-refractivity contribution >= 4 is 47.2 Å². The van der Waals surface area contributed by atoms with Crippen LogP contribution in [0, 0.1) is 29.1 Å². The van der Waals surface area contributed by atoms with Crippen molar-refractivity contribution in [2.24, 2.45) is 29.1 Å². The first-order valence-electron chi connectivity index (χ1n) is 19.6. The molecule has 1 aromatic heterocycles. The highest BCUT2D eigenvalue weighted by Crippen LogP contribution is 2.65. The molecule has 286 valence electrons. The standard InChI is InChI=1S/C42H53BN4O7/c1-7-24(2)35(46-39(50)36(27-13-8-9-14-27)47-37(48)32-17-16-26-12-10-11-15-31(26)45-32)38(49)44-23-25-18-28(40(51)52-6)20-30(19-25)43-53-34-22-29-21-33(41(29,3)4)42(34,5)54-43/h10-12,15-20,24,27,29,33-36H,7-9,13-14,21-23H2,1-6H3,(H,44,49)(H,46,50)(H,47,48)/t24-,29-,33-,34+,35-,36-,42-/m0/s1. The molecule has 7 atom stereocenters. The second-order valence-electron chi connectivity index (χ2n) is 16.7. The summed E-state index contributed by atoms with van der Waals surface area (Å²) < 4.78 is 18.3. The molecule has 0 unspecified atom stereocenters. The highest BCUT2D eigenvalue weighted by molar-refractivity contribution is 6.62. The summed E-state index contributed by atoms with van der Waals surface area (Å²) in [7, 11) is 0.678. The van der Waals surface area contributed by atoms with Gasteiger partial charge in [-0.15, -0.1) is 0 Å². The summed E-state index contributed by atoms with van der Waals surface area (Å²) in [6, 6.07) is 14.7. The average molecular weight is 737 g/mol. The van der Waals surface area contributed by atoms with Gasteiger partial charge >= 0.3 is 13.1 Å². The van der Waals surface area contributed by atoms with Crippen molar-refractivity contribution < 1.29 is 33.2 Å². The molecule has 3 N–H and O–H groups in total. The molecule has 2 aromatic carbocycles. The summed E-state index contributed by atoms with van der Waals surface area (Å²) in [6.45, 7) is 10.8. The number of para-hydroxylation sites is 1. The summed E-state index contributed by atoms with van der Waals surface area (Å²) in [5.74, 6) is -0.958. The maximum atomic E-state index is 14.1. The minimum atomic E-state index is -0.857. The molecule has 11 nitrogen and oxygen atoms in total. The van der Waals surface area contributed by atoms with Crippen molar-refractivity contribution in [1.82, 2.24) is 20.9 Å². The molecule has 0 radical (unpaired) electrons. The molecule has 3 amide bonds. The molecule has 5 fully saturated rings. The van der Waals surface area contributed by atoms with Crippen molar-refractivity contribution in [3.8, 4) is 0 Å². The van der Waals surface area contributed by atoms with E-state index in [1.165, 1.54) is 7.11 Å². The number of pyridine rings is 1. The van der Waals surface area contributed by atoms with Crippen LogP contribution in [0.4, 0.5) is 0 Å². The first-order valence-corrected chi connectivity index (χ1v) is 19.6. The van der Waals surface area contributed by atoms with Crippen LogP contribution in [0.25, 0.3) is 10.9 Å². The number of hydrogen-bond donors (Lipinski definition) is 3. The van der Waals surface area contributed by atoms with E-state index in [4.69, 9.17) is 14.0 Å². The number of methoxy groups -OCH3 is 1. The summed E-state index contributed by atoms with van der Waals surface area (Å²) in [4.78, 5) is 58.8. The van der Waals surface area contributed by atoms with E-state index in [2.05, 4.69) is 41.7 Å². The fourth-order valence-corrected chi connectivity index (χ4v) is 9.54. The van der Waals surface area contributed by atoms with Crippen molar-refractivity contribution in [1.29, 1.82) is 0 Å². The van der Waals surface area contributed by atoms with Crippen LogP contribution in [0.2, 0.25) is 0 Å². The quantitative estimate of drug-likeness (QED) is 0.172. The third-order valence-corrected chi connectivity index (χ3v) is 13.2. The van der Waals surface area contributed by atoms with E-state index in [1.54, 1.807) is 18.2 Å². The molecule has 4 saturated carbocycles. The van der Waals surface area contributed by atoms with E-state index >= 15 is 0 Å². The molecule has 3 aromatic rings. The molecule has 54 heavy (non-hydrogen) atoms. The van der Waals surface area contributed by atoms with Gasteiger partial charge in [-0.1, -0.05) is 77.3 Å². The van der Waals surface area contributed by atoms with Crippen LogP contribution in [0.1, 0.15) is 106 Å². The van der Waals surface area contributed by atoms with E-state index in [0.29, 0.717) is 40.4 Å². The summed E-state index contributed by atoms with van der Waals surface area (Å²) in [6.07, 6.45) is 6.20. The van der Waals surface area contributed by atoms with Crippen LogP contribution in [-0.4, -0.2) is 66.7 Å². The Bertz CT molecular complexity index is 1930. The molecule has 0 spiro atoms. The molecule has 8 rings (SSSR count). The third-order valence-electron chi connectivity index (χ3n) is 13.2. The maximum Gasteiger partial charge on any atom is 0.494 e. The third kappa shape index (κ3) is 7.15. The Morgan fingerprint density at radius 2 is 1.74 bits per heavy atom. The van der Waals surface area contributed by atoms with Gasteiger partial charge in [-0.3, -0.25) is 14.4 Å². The Morgan fingerprint density at radius 1 is 0.981 bits per heavy atom. The van der Waals surface area contributed by atoms with E-state index < -0.39 is 42.6 Å². The average Bonchev–Trinajstić information content (AvgIpc) is 3.85. The second-order valence-corrected chi connectivity index (χ2v) is 16.7.